The summed E-state index contributed by atoms with van der Waals surface area (Å²) in [5, 5.41) is 26.4. The molecule has 2 heterocycles. The number of aliphatic carboxylic acids is 2. The number of likely N-dealkylation sites (tertiary alicyclic amines) is 2. The molecule has 0 unspecified atom stereocenters. The SMILES string of the molecule is N[C@@H](CCC(=O)O)C(=O)N[C@@H](Cc1ccccc1)C(=O)N1CCC[C@H]1C(=O)N[C@@H](CC(=O)O)C(=O)N[C@@H](Cc1ccccc1)C(=O)N1CCC[C@H]1C=O. The smallest absolute Gasteiger partial charge is 0.305 e. The zero-order valence-electron chi connectivity index (χ0n) is 29.2. The molecule has 0 aliphatic carbocycles. The Bertz CT molecular complexity index is 1640. The standard InChI is InChI=1S/C37H46N6O10/c38-26(15-16-31(45)46)33(49)40-29(20-24-11-5-2-6-12-24)37(53)43-18-8-14-30(43)35(51)39-27(21-32(47)48)34(50)41-28(19-23-9-3-1-4-10-23)36(52)42-17-7-13-25(42)22-44/h1-6,9-12,22,25-30H,7-8,13-21,38H2,(H,39,51)(H,40,49)(H,41,50)(H,45,46)(H,47,48)/t25-,26-,27-,28-,29-,30-/m0/s1. The van der Waals surface area contributed by atoms with Gasteiger partial charge in [-0.1, -0.05) is 60.7 Å². The van der Waals surface area contributed by atoms with Crippen molar-refractivity contribution in [2.45, 2.75) is 94.0 Å². The Hall–Kier alpha value is -5.64. The molecular weight excluding hydrogens is 688 g/mol. The van der Waals surface area contributed by atoms with Crippen LogP contribution in [0.15, 0.2) is 60.7 Å². The Labute approximate surface area is 306 Å². The van der Waals surface area contributed by atoms with Crippen molar-refractivity contribution in [1.29, 1.82) is 0 Å². The van der Waals surface area contributed by atoms with Crippen LogP contribution in [-0.2, 0) is 51.2 Å². The maximum Gasteiger partial charge on any atom is 0.305 e. The number of carboxylic acid groups (broad SMARTS) is 2. The predicted octanol–water partition coefficient (Wildman–Crippen LogP) is -0.226. The van der Waals surface area contributed by atoms with E-state index in [1.54, 1.807) is 60.7 Å². The fourth-order valence-corrected chi connectivity index (χ4v) is 6.62. The summed E-state index contributed by atoms with van der Waals surface area (Å²) in [6.07, 6.45) is 1.06. The fourth-order valence-electron chi connectivity index (χ4n) is 6.62. The first-order valence-corrected chi connectivity index (χ1v) is 17.6. The predicted molar refractivity (Wildman–Crippen MR) is 189 cm³/mol. The Morgan fingerprint density at radius 3 is 1.79 bits per heavy atom. The average molecular weight is 735 g/mol. The normalized spacial score (nSPS) is 19.0. The molecule has 2 aromatic rings. The molecule has 5 amide bonds. The van der Waals surface area contributed by atoms with Crippen LogP contribution in [0.3, 0.4) is 0 Å². The van der Waals surface area contributed by atoms with Crippen molar-refractivity contribution < 1.29 is 48.6 Å². The summed E-state index contributed by atoms with van der Waals surface area (Å²) in [7, 11) is 0. The van der Waals surface area contributed by atoms with Crippen molar-refractivity contribution in [1.82, 2.24) is 25.8 Å². The van der Waals surface area contributed by atoms with E-state index in [0.717, 1.165) is 0 Å². The molecule has 0 bridgehead atoms. The van der Waals surface area contributed by atoms with Gasteiger partial charge in [-0.05, 0) is 43.2 Å². The maximum atomic E-state index is 14.0. The minimum absolute atomic E-state index is 0.0325. The zero-order chi connectivity index (χ0) is 38.5. The third-order valence-corrected chi connectivity index (χ3v) is 9.39. The first-order chi connectivity index (χ1) is 25.4. The second-order valence-electron chi connectivity index (χ2n) is 13.3. The van der Waals surface area contributed by atoms with Gasteiger partial charge >= 0.3 is 11.9 Å². The number of rotatable bonds is 18. The number of nitrogens with one attached hydrogen (secondary N) is 3. The Balaban J connectivity index is 1.51. The van der Waals surface area contributed by atoms with E-state index in [4.69, 9.17) is 10.8 Å². The summed E-state index contributed by atoms with van der Waals surface area (Å²) in [6, 6.07) is 10.6. The van der Waals surface area contributed by atoms with Gasteiger partial charge in [0.2, 0.25) is 29.5 Å². The van der Waals surface area contributed by atoms with Gasteiger partial charge < -0.3 is 46.5 Å². The summed E-state index contributed by atoms with van der Waals surface area (Å²) in [6.45, 7) is 0.435. The van der Waals surface area contributed by atoms with E-state index in [2.05, 4.69) is 16.0 Å². The molecule has 16 heteroatoms. The Morgan fingerprint density at radius 2 is 1.25 bits per heavy atom. The molecule has 0 saturated carbocycles. The molecule has 2 aliphatic rings. The molecule has 0 spiro atoms. The quantitative estimate of drug-likeness (QED) is 0.109. The van der Waals surface area contributed by atoms with Crippen molar-refractivity contribution in [2.24, 2.45) is 5.73 Å². The number of hydrogen-bond acceptors (Lipinski definition) is 9. The molecule has 0 radical (unpaired) electrons. The molecule has 53 heavy (non-hydrogen) atoms. The summed E-state index contributed by atoms with van der Waals surface area (Å²) < 4.78 is 0. The number of carbonyl (C=O) groups excluding carboxylic acids is 6. The largest absolute Gasteiger partial charge is 0.481 e. The van der Waals surface area contributed by atoms with E-state index in [1.807, 2.05) is 0 Å². The lowest BCUT2D eigenvalue weighted by Gasteiger charge is -2.31. The molecule has 2 saturated heterocycles. The molecule has 2 aromatic carbocycles. The van der Waals surface area contributed by atoms with Crippen LogP contribution in [0, 0.1) is 0 Å². The molecule has 7 N–H and O–H groups in total. The van der Waals surface area contributed by atoms with Crippen LogP contribution in [0.1, 0.15) is 56.1 Å². The van der Waals surface area contributed by atoms with E-state index in [0.29, 0.717) is 43.2 Å². The van der Waals surface area contributed by atoms with Gasteiger partial charge in [0.1, 0.15) is 30.5 Å². The molecule has 6 atom stereocenters. The highest BCUT2D eigenvalue weighted by atomic mass is 16.4. The summed E-state index contributed by atoms with van der Waals surface area (Å²) >= 11 is 0. The van der Waals surface area contributed by atoms with Crippen molar-refractivity contribution in [2.75, 3.05) is 13.1 Å². The second-order valence-corrected chi connectivity index (χ2v) is 13.3. The monoisotopic (exact) mass is 734 g/mol. The first-order valence-electron chi connectivity index (χ1n) is 17.6. The number of nitrogens with two attached hydrogens (primary N) is 1. The maximum absolute atomic E-state index is 14.0. The highest BCUT2D eigenvalue weighted by Crippen LogP contribution is 2.21. The van der Waals surface area contributed by atoms with Gasteiger partial charge in [0.15, 0.2) is 0 Å². The Morgan fingerprint density at radius 1 is 0.717 bits per heavy atom. The minimum atomic E-state index is -1.63. The minimum Gasteiger partial charge on any atom is -0.481 e. The van der Waals surface area contributed by atoms with E-state index in [1.165, 1.54) is 9.80 Å². The highest BCUT2D eigenvalue weighted by molar-refractivity contribution is 5.97. The van der Waals surface area contributed by atoms with E-state index in [9.17, 15) is 43.5 Å². The number of nitrogens with zero attached hydrogens (tertiary/aromatic N) is 2. The second kappa shape index (κ2) is 19.3. The lowest BCUT2D eigenvalue weighted by atomic mass is 10.0. The fraction of sp³-hybridized carbons (Fsp3) is 0.459. The molecule has 0 aromatic heterocycles. The summed E-state index contributed by atoms with van der Waals surface area (Å²) in [4.78, 5) is 105. The van der Waals surface area contributed by atoms with Gasteiger partial charge in [-0.2, -0.15) is 0 Å². The molecule has 16 nitrogen and oxygen atoms in total. The molecule has 2 fully saturated rings. The average Bonchev–Trinajstić information content (AvgIpc) is 3.83. The van der Waals surface area contributed by atoms with Crippen molar-refractivity contribution >= 4 is 47.8 Å². The van der Waals surface area contributed by atoms with E-state index < -0.39 is 84.1 Å². The third kappa shape index (κ3) is 11.4. The van der Waals surface area contributed by atoms with Crippen molar-refractivity contribution in [3.05, 3.63) is 71.8 Å². The van der Waals surface area contributed by atoms with E-state index >= 15 is 0 Å². The van der Waals surface area contributed by atoms with Crippen LogP contribution >= 0.6 is 0 Å². The number of amides is 5. The van der Waals surface area contributed by atoms with Gasteiger partial charge in [0.25, 0.3) is 0 Å². The van der Waals surface area contributed by atoms with Gasteiger partial charge in [-0.25, -0.2) is 0 Å². The van der Waals surface area contributed by atoms with Gasteiger partial charge in [-0.3, -0.25) is 33.6 Å². The molecular formula is C37H46N6O10. The molecule has 284 valence electrons. The number of hydrogen-bond donors (Lipinski definition) is 6. The zero-order valence-corrected chi connectivity index (χ0v) is 29.2. The Kier molecular flexibility index (Phi) is 14.6. The van der Waals surface area contributed by atoms with Crippen LogP contribution in [0.25, 0.3) is 0 Å². The van der Waals surface area contributed by atoms with E-state index in [-0.39, 0.29) is 38.6 Å². The van der Waals surface area contributed by atoms with Crippen molar-refractivity contribution in [3.63, 3.8) is 0 Å². The number of aldehydes is 1. The van der Waals surface area contributed by atoms with Crippen LogP contribution < -0.4 is 21.7 Å². The lowest BCUT2D eigenvalue weighted by Crippen LogP contribution is -2.59. The van der Waals surface area contributed by atoms with Gasteiger partial charge in [0.05, 0.1) is 18.5 Å². The molecule has 2 aliphatic heterocycles. The first kappa shape index (κ1) is 40.1. The summed E-state index contributed by atoms with van der Waals surface area (Å²) in [5.74, 6) is -6.15. The number of carboxylic acids is 2. The number of carbonyl (C=O) groups is 8. The third-order valence-electron chi connectivity index (χ3n) is 9.39. The topological polar surface area (TPSA) is 246 Å². The highest BCUT2D eigenvalue weighted by Gasteiger charge is 2.40. The van der Waals surface area contributed by atoms with Crippen LogP contribution in [0.5, 0.6) is 0 Å². The van der Waals surface area contributed by atoms with Gasteiger partial charge in [0, 0.05) is 32.4 Å². The van der Waals surface area contributed by atoms with Crippen LogP contribution in [-0.4, -0.2) is 117 Å². The van der Waals surface area contributed by atoms with Crippen LogP contribution in [0.4, 0.5) is 0 Å². The number of benzene rings is 2. The lowest BCUT2D eigenvalue weighted by molar-refractivity contribution is -0.144. The molecule has 4 rings (SSSR count). The van der Waals surface area contributed by atoms with Crippen LogP contribution in [0.2, 0.25) is 0 Å². The van der Waals surface area contributed by atoms with Crippen molar-refractivity contribution in [3.8, 4) is 0 Å². The van der Waals surface area contributed by atoms with Gasteiger partial charge in [-0.15, -0.1) is 0 Å². The summed E-state index contributed by atoms with van der Waals surface area (Å²) in [5.41, 5.74) is 7.31.